The number of hydrogen-bond acceptors (Lipinski definition) is 5. The number of nitrogens with zero attached hydrogens (tertiary/aromatic N) is 1. The van der Waals surface area contributed by atoms with Crippen molar-refractivity contribution in [2.45, 2.75) is 25.7 Å². The number of Topliss-reactive ketones (excluding diaryl/α,β-unsaturated/α-hetero) is 1. The number of ether oxygens (including phenoxy) is 3. The Labute approximate surface area is 177 Å². The fraction of sp³-hybridized carbons (Fsp3) is 0.417. The topological polar surface area (TPSA) is 65.1 Å². The lowest BCUT2D eigenvalue weighted by Gasteiger charge is -2.18. The lowest BCUT2D eigenvalue weighted by molar-refractivity contribution is -0.130. The van der Waals surface area contributed by atoms with Gasteiger partial charge in [0.2, 0.25) is 5.91 Å². The van der Waals surface area contributed by atoms with E-state index in [4.69, 9.17) is 14.2 Å². The Morgan fingerprint density at radius 3 is 2.33 bits per heavy atom. The molecule has 6 nitrogen and oxygen atoms in total. The number of carbonyl (C=O) groups is 2. The monoisotopic (exact) mass is 411 g/mol. The summed E-state index contributed by atoms with van der Waals surface area (Å²) >= 11 is 0. The Balaban J connectivity index is 1.52. The van der Waals surface area contributed by atoms with Gasteiger partial charge in [-0.3, -0.25) is 9.59 Å². The minimum absolute atomic E-state index is 0.0578. The molecule has 30 heavy (non-hydrogen) atoms. The molecule has 0 bridgehead atoms. The van der Waals surface area contributed by atoms with Crippen molar-refractivity contribution in [2.24, 2.45) is 5.92 Å². The third kappa shape index (κ3) is 4.75. The maximum Gasteiger partial charge on any atom is 0.222 e. The number of fused-ring (bicyclic) bond motifs is 1. The predicted molar refractivity (Wildman–Crippen MR) is 115 cm³/mol. The molecule has 0 heterocycles. The third-order valence-corrected chi connectivity index (χ3v) is 5.74. The van der Waals surface area contributed by atoms with Crippen LogP contribution in [0.15, 0.2) is 36.4 Å². The Kier molecular flexibility index (Phi) is 6.98. The van der Waals surface area contributed by atoms with Crippen molar-refractivity contribution < 1.29 is 23.8 Å². The average molecular weight is 411 g/mol. The SMILES string of the molecule is COc1ccc(CCN(C)C(=O)CCC2Cc3cc(OC)c(OC)cc3C2=O)cc1. The molecule has 0 aromatic heterocycles. The lowest BCUT2D eigenvalue weighted by atomic mass is 9.98. The molecule has 160 valence electrons. The summed E-state index contributed by atoms with van der Waals surface area (Å²) in [4.78, 5) is 27.1. The summed E-state index contributed by atoms with van der Waals surface area (Å²) in [7, 11) is 6.59. The van der Waals surface area contributed by atoms with Crippen LogP contribution in [0.5, 0.6) is 17.2 Å². The fourth-order valence-corrected chi connectivity index (χ4v) is 3.83. The molecule has 1 amide bonds. The van der Waals surface area contributed by atoms with Gasteiger partial charge in [-0.1, -0.05) is 12.1 Å². The maximum atomic E-state index is 12.8. The van der Waals surface area contributed by atoms with Crippen molar-refractivity contribution in [3.63, 3.8) is 0 Å². The second-order valence-corrected chi connectivity index (χ2v) is 7.58. The van der Waals surface area contributed by atoms with E-state index in [-0.39, 0.29) is 17.6 Å². The minimum Gasteiger partial charge on any atom is -0.497 e. The zero-order valence-corrected chi connectivity index (χ0v) is 18.1. The molecular formula is C24H29NO5. The van der Waals surface area contributed by atoms with Gasteiger partial charge in [0.15, 0.2) is 17.3 Å². The molecule has 3 rings (SSSR count). The number of amides is 1. The van der Waals surface area contributed by atoms with E-state index in [0.29, 0.717) is 42.9 Å². The first kappa shape index (κ1) is 21.7. The first-order valence-corrected chi connectivity index (χ1v) is 10.1. The zero-order chi connectivity index (χ0) is 21.7. The smallest absolute Gasteiger partial charge is 0.222 e. The zero-order valence-electron chi connectivity index (χ0n) is 18.1. The number of benzene rings is 2. The first-order chi connectivity index (χ1) is 14.5. The molecule has 0 aliphatic heterocycles. The third-order valence-electron chi connectivity index (χ3n) is 5.74. The molecule has 1 atom stereocenters. The van der Waals surface area contributed by atoms with Gasteiger partial charge in [0, 0.05) is 31.5 Å². The van der Waals surface area contributed by atoms with E-state index in [1.165, 1.54) is 0 Å². The highest BCUT2D eigenvalue weighted by Gasteiger charge is 2.32. The van der Waals surface area contributed by atoms with Crippen LogP contribution in [0, 0.1) is 5.92 Å². The second kappa shape index (κ2) is 9.65. The average Bonchev–Trinajstić information content (AvgIpc) is 3.09. The Morgan fingerprint density at radius 2 is 1.70 bits per heavy atom. The minimum atomic E-state index is -0.171. The molecule has 1 aliphatic rings. The van der Waals surface area contributed by atoms with Crippen LogP contribution in [0.2, 0.25) is 0 Å². The number of hydrogen-bond donors (Lipinski definition) is 0. The summed E-state index contributed by atoms with van der Waals surface area (Å²) in [6, 6.07) is 11.5. The number of methoxy groups -OCH3 is 3. The maximum absolute atomic E-state index is 12.8. The van der Waals surface area contributed by atoms with Crippen LogP contribution < -0.4 is 14.2 Å². The number of rotatable bonds is 9. The normalized spacial score (nSPS) is 14.9. The highest BCUT2D eigenvalue weighted by atomic mass is 16.5. The second-order valence-electron chi connectivity index (χ2n) is 7.58. The van der Waals surface area contributed by atoms with Crippen LogP contribution >= 0.6 is 0 Å². The number of carbonyl (C=O) groups excluding carboxylic acids is 2. The number of ketones is 1. The van der Waals surface area contributed by atoms with Crippen molar-refractivity contribution in [1.29, 1.82) is 0 Å². The van der Waals surface area contributed by atoms with Gasteiger partial charge in [0.25, 0.3) is 0 Å². The van der Waals surface area contributed by atoms with E-state index in [9.17, 15) is 9.59 Å². The standard InChI is InChI=1S/C24H29NO5/c1-25(12-11-16-5-8-19(28-2)9-6-16)23(26)10-7-17-13-18-14-21(29-3)22(30-4)15-20(18)24(17)27/h5-6,8-9,14-15,17H,7,10-13H2,1-4H3. The molecule has 1 aliphatic carbocycles. The van der Waals surface area contributed by atoms with E-state index in [2.05, 4.69) is 0 Å². The van der Waals surface area contributed by atoms with E-state index in [0.717, 1.165) is 23.3 Å². The van der Waals surface area contributed by atoms with E-state index in [1.54, 1.807) is 32.3 Å². The van der Waals surface area contributed by atoms with Crippen molar-refractivity contribution in [3.8, 4) is 17.2 Å². The molecule has 0 saturated heterocycles. The van der Waals surface area contributed by atoms with Crippen molar-refractivity contribution in [3.05, 3.63) is 53.1 Å². The van der Waals surface area contributed by atoms with Crippen molar-refractivity contribution >= 4 is 11.7 Å². The Bertz CT molecular complexity index is 907. The van der Waals surface area contributed by atoms with Gasteiger partial charge in [-0.25, -0.2) is 0 Å². The van der Waals surface area contributed by atoms with Crippen LogP contribution in [-0.4, -0.2) is 51.5 Å². The number of likely N-dealkylation sites (N-methyl/N-ethyl adjacent to an activating group) is 1. The van der Waals surface area contributed by atoms with Crippen molar-refractivity contribution in [2.75, 3.05) is 34.9 Å². The van der Waals surface area contributed by atoms with Crippen LogP contribution in [0.25, 0.3) is 0 Å². The first-order valence-electron chi connectivity index (χ1n) is 10.1. The fourth-order valence-electron chi connectivity index (χ4n) is 3.83. The summed E-state index contributed by atoms with van der Waals surface area (Å²) < 4.78 is 15.8. The summed E-state index contributed by atoms with van der Waals surface area (Å²) in [5.41, 5.74) is 2.79. The van der Waals surface area contributed by atoms with E-state index >= 15 is 0 Å². The van der Waals surface area contributed by atoms with Gasteiger partial charge in [0.05, 0.1) is 21.3 Å². The lowest BCUT2D eigenvalue weighted by Crippen LogP contribution is -2.29. The molecule has 2 aromatic rings. The van der Waals surface area contributed by atoms with Gasteiger partial charge >= 0.3 is 0 Å². The van der Waals surface area contributed by atoms with Crippen LogP contribution in [-0.2, 0) is 17.6 Å². The van der Waals surface area contributed by atoms with Crippen LogP contribution in [0.4, 0.5) is 0 Å². The van der Waals surface area contributed by atoms with Gasteiger partial charge in [0.1, 0.15) is 5.75 Å². The van der Waals surface area contributed by atoms with Crippen LogP contribution in [0.1, 0.15) is 34.3 Å². The molecule has 0 N–H and O–H groups in total. The molecule has 0 fully saturated rings. The Morgan fingerprint density at radius 1 is 1.03 bits per heavy atom. The molecule has 2 aromatic carbocycles. The van der Waals surface area contributed by atoms with Gasteiger partial charge in [-0.05, 0) is 54.7 Å². The van der Waals surface area contributed by atoms with Gasteiger partial charge in [-0.2, -0.15) is 0 Å². The highest BCUT2D eigenvalue weighted by Crippen LogP contribution is 2.37. The van der Waals surface area contributed by atoms with Gasteiger partial charge in [-0.15, -0.1) is 0 Å². The molecule has 1 unspecified atom stereocenters. The molecule has 6 heteroatoms. The van der Waals surface area contributed by atoms with E-state index < -0.39 is 0 Å². The predicted octanol–water partition coefficient (Wildman–Crippen LogP) is 3.55. The summed E-state index contributed by atoms with van der Waals surface area (Å²) in [6.45, 7) is 0.637. The van der Waals surface area contributed by atoms with Gasteiger partial charge < -0.3 is 19.1 Å². The molecule has 0 saturated carbocycles. The Hall–Kier alpha value is -3.02. The van der Waals surface area contributed by atoms with Crippen molar-refractivity contribution in [1.82, 2.24) is 4.90 Å². The summed E-state index contributed by atoms with van der Waals surface area (Å²) in [5.74, 6) is 1.97. The van der Waals surface area contributed by atoms with E-state index in [1.807, 2.05) is 37.4 Å². The molecule has 0 spiro atoms. The highest BCUT2D eigenvalue weighted by molar-refractivity contribution is 6.03. The van der Waals surface area contributed by atoms with Crippen LogP contribution in [0.3, 0.4) is 0 Å². The largest absolute Gasteiger partial charge is 0.497 e. The quantitative estimate of drug-likeness (QED) is 0.631. The summed E-state index contributed by atoms with van der Waals surface area (Å²) in [5, 5.41) is 0. The summed E-state index contributed by atoms with van der Waals surface area (Å²) in [6.07, 6.45) is 2.32. The molecular weight excluding hydrogens is 382 g/mol. The molecule has 0 radical (unpaired) electrons.